The number of alkyl carbamates (subject to hydrolysis) is 1. The Morgan fingerprint density at radius 3 is 1.94 bits per heavy atom. The fourth-order valence-electron chi connectivity index (χ4n) is 3.63. The van der Waals surface area contributed by atoms with E-state index in [1.165, 1.54) is 24.3 Å². The Bertz CT molecular complexity index is 1250. The molecule has 1 heterocycles. The molecule has 2 aromatic carbocycles. The van der Waals surface area contributed by atoms with Crippen LogP contribution in [0.25, 0.3) is 0 Å². The van der Waals surface area contributed by atoms with Crippen LogP contribution in [0, 0.1) is 13.8 Å². The monoisotopic (exact) mass is 523 g/mol. The van der Waals surface area contributed by atoms with Gasteiger partial charge in [-0.25, -0.2) is 21.6 Å². The number of sulfonamides is 1. The Hall–Kier alpha value is -2.47. The predicted octanol–water partition coefficient (Wildman–Crippen LogP) is 2.59. The molecule has 2 atom stereocenters. The highest BCUT2D eigenvalue weighted by Crippen LogP contribution is 2.23. The van der Waals surface area contributed by atoms with Crippen molar-refractivity contribution >= 4 is 26.0 Å². The smallest absolute Gasteiger partial charge is 0.407 e. The van der Waals surface area contributed by atoms with Crippen LogP contribution in [0.15, 0.2) is 58.3 Å². The van der Waals surface area contributed by atoms with Gasteiger partial charge in [0.1, 0.15) is 11.0 Å². The molecule has 1 aliphatic rings. The van der Waals surface area contributed by atoms with Gasteiger partial charge < -0.3 is 10.1 Å². The average molecular weight is 524 g/mol. The molecule has 9 nitrogen and oxygen atoms in total. The lowest BCUT2D eigenvalue weighted by Gasteiger charge is -2.26. The van der Waals surface area contributed by atoms with Gasteiger partial charge in [-0.2, -0.15) is 4.31 Å². The molecule has 2 N–H and O–H groups in total. The second kappa shape index (κ2) is 10.3. The van der Waals surface area contributed by atoms with Crippen molar-refractivity contribution < 1.29 is 26.4 Å². The Morgan fingerprint density at radius 2 is 1.43 bits per heavy atom. The van der Waals surface area contributed by atoms with E-state index in [2.05, 4.69) is 10.6 Å². The van der Waals surface area contributed by atoms with Crippen LogP contribution < -0.4 is 10.6 Å². The SMILES string of the molecule is Cc1ccc(S(=O)(=O)C2CN(S(=O)(=O)c3ccc(C)cc3)CC(NC(=O)OC(C)(C)C)CN2)cc1. The second-order valence-corrected chi connectivity index (χ2v) is 13.8. The molecule has 35 heavy (non-hydrogen) atoms. The average Bonchev–Trinajstić information content (AvgIpc) is 2.96. The summed E-state index contributed by atoms with van der Waals surface area (Å²) >= 11 is 0. The molecule has 1 saturated heterocycles. The summed E-state index contributed by atoms with van der Waals surface area (Å²) in [4.78, 5) is 12.5. The predicted molar refractivity (Wildman–Crippen MR) is 133 cm³/mol. The summed E-state index contributed by atoms with van der Waals surface area (Å²) in [5.41, 5.74) is 1.06. The van der Waals surface area contributed by atoms with Crippen LogP contribution in [0.1, 0.15) is 31.9 Å². The first kappa shape index (κ1) is 27.1. The molecule has 0 bridgehead atoms. The zero-order chi connectivity index (χ0) is 26.0. The van der Waals surface area contributed by atoms with Gasteiger partial charge in [-0.3, -0.25) is 5.32 Å². The zero-order valence-corrected chi connectivity index (χ0v) is 22.2. The number of rotatable bonds is 5. The maximum absolute atomic E-state index is 13.5. The van der Waals surface area contributed by atoms with Crippen LogP contribution in [-0.4, -0.2) is 63.9 Å². The topological polar surface area (TPSA) is 122 Å². The first-order valence-electron chi connectivity index (χ1n) is 11.3. The van der Waals surface area contributed by atoms with Crippen molar-refractivity contribution in [2.24, 2.45) is 0 Å². The van der Waals surface area contributed by atoms with Crippen molar-refractivity contribution in [2.45, 2.75) is 61.4 Å². The van der Waals surface area contributed by atoms with E-state index in [-0.39, 0.29) is 29.4 Å². The molecule has 1 fully saturated rings. The number of hydrogen-bond donors (Lipinski definition) is 2. The van der Waals surface area contributed by atoms with Gasteiger partial charge >= 0.3 is 6.09 Å². The van der Waals surface area contributed by atoms with Crippen LogP contribution >= 0.6 is 0 Å². The lowest BCUT2D eigenvalue weighted by atomic mass is 10.2. The van der Waals surface area contributed by atoms with Crippen molar-refractivity contribution in [3.63, 3.8) is 0 Å². The summed E-state index contributed by atoms with van der Waals surface area (Å²) in [5, 5.41) is 4.41. The Labute approximate surface area is 207 Å². The van der Waals surface area contributed by atoms with E-state index in [0.29, 0.717) is 0 Å². The van der Waals surface area contributed by atoms with E-state index in [4.69, 9.17) is 4.74 Å². The van der Waals surface area contributed by atoms with Gasteiger partial charge in [0.05, 0.1) is 15.8 Å². The summed E-state index contributed by atoms with van der Waals surface area (Å²) in [6.45, 7) is 8.44. The van der Waals surface area contributed by atoms with E-state index in [0.717, 1.165) is 15.4 Å². The first-order chi connectivity index (χ1) is 16.2. The van der Waals surface area contributed by atoms with Crippen LogP contribution in [0.3, 0.4) is 0 Å². The highest BCUT2D eigenvalue weighted by atomic mass is 32.2. The summed E-state index contributed by atoms with van der Waals surface area (Å²) < 4.78 is 60.3. The quantitative estimate of drug-likeness (QED) is 0.618. The number of nitrogens with one attached hydrogen (secondary N) is 2. The van der Waals surface area contributed by atoms with E-state index < -0.39 is 43.0 Å². The number of nitrogens with zero attached hydrogens (tertiary/aromatic N) is 1. The number of sulfone groups is 1. The standard InChI is InChI=1S/C24H33N3O6S2/c1-17-6-10-20(11-7-17)34(29,30)22-16-27(35(31,32)21-12-8-18(2)9-13-21)15-19(14-25-22)26-23(28)33-24(3,4)5/h6-13,19,22,25H,14-16H2,1-5H3,(H,26,28). The molecule has 1 aliphatic heterocycles. The molecule has 3 rings (SSSR count). The van der Waals surface area contributed by atoms with Crippen LogP contribution in [0.4, 0.5) is 4.79 Å². The number of hydrogen-bond acceptors (Lipinski definition) is 7. The maximum Gasteiger partial charge on any atom is 0.407 e. The van der Waals surface area contributed by atoms with E-state index in [9.17, 15) is 21.6 Å². The summed E-state index contributed by atoms with van der Waals surface area (Å²) in [7, 11) is -7.98. The van der Waals surface area contributed by atoms with Crippen LogP contribution in [-0.2, 0) is 24.6 Å². The zero-order valence-electron chi connectivity index (χ0n) is 20.6. The Kier molecular flexibility index (Phi) is 7.95. The normalized spacial score (nSPS) is 20.1. The summed E-state index contributed by atoms with van der Waals surface area (Å²) in [5.74, 6) is 0. The molecular weight excluding hydrogens is 490 g/mol. The molecular formula is C24H33N3O6S2. The number of benzene rings is 2. The lowest BCUT2D eigenvalue weighted by molar-refractivity contribution is 0.0501. The minimum atomic E-state index is -4.05. The van der Waals surface area contributed by atoms with Crippen molar-refractivity contribution in [3.05, 3.63) is 59.7 Å². The number of amides is 1. The molecule has 11 heteroatoms. The third kappa shape index (κ3) is 6.81. The van der Waals surface area contributed by atoms with Crippen LogP contribution in [0.5, 0.6) is 0 Å². The Balaban J connectivity index is 1.95. The van der Waals surface area contributed by atoms with Gasteiger partial charge in [-0.1, -0.05) is 35.4 Å². The fraction of sp³-hybridized carbons (Fsp3) is 0.458. The molecule has 0 saturated carbocycles. The van der Waals surface area contributed by atoms with Crippen molar-refractivity contribution in [1.82, 2.24) is 14.9 Å². The van der Waals surface area contributed by atoms with Gasteiger partial charge in [0, 0.05) is 19.6 Å². The molecule has 192 valence electrons. The molecule has 0 aliphatic carbocycles. The van der Waals surface area contributed by atoms with Crippen LogP contribution in [0.2, 0.25) is 0 Å². The molecule has 0 spiro atoms. The largest absolute Gasteiger partial charge is 0.444 e. The third-order valence-corrected chi connectivity index (χ3v) is 9.33. The van der Waals surface area contributed by atoms with Crippen molar-refractivity contribution in [1.29, 1.82) is 0 Å². The number of ether oxygens (including phenoxy) is 1. The van der Waals surface area contributed by atoms with E-state index in [1.54, 1.807) is 45.0 Å². The molecule has 2 aromatic rings. The third-order valence-electron chi connectivity index (χ3n) is 5.49. The van der Waals surface area contributed by atoms with E-state index in [1.807, 2.05) is 13.8 Å². The minimum Gasteiger partial charge on any atom is -0.444 e. The lowest BCUT2D eigenvalue weighted by Crippen LogP contribution is -2.48. The van der Waals surface area contributed by atoms with Gasteiger partial charge in [0.2, 0.25) is 10.0 Å². The Morgan fingerprint density at radius 1 is 0.914 bits per heavy atom. The fourth-order valence-corrected chi connectivity index (χ4v) is 6.76. The number of aryl methyl sites for hydroxylation is 2. The van der Waals surface area contributed by atoms with Crippen molar-refractivity contribution in [3.8, 4) is 0 Å². The molecule has 0 aromatic heterocycles. The van der Waals surface area contributed by atoms with Gasteiger partial charge in [-0.05, 0) is 58.9 Å². The summed E-state index contributed by atoms with van der Waals surface area (Å²) in [6, 6.07) is 12.0. The number of carbonyl (C=O) groups is 1. The summed E-state index contributed by atoms with van der Waals surface area (Å²) in [6.07, 6.45) is -0.711. The highest BCUT2D eigenvalue weighted by molar-refractivity contribution is 7.92. The maximum atomic E-state index is 13.5. The van der Waals surface area contributed by atoms with Crippen molar-refractivity contribution in [2.75, 3.05) is 19.6 Å². The number of carbonyl (C=O) groups excluding carboxylic acids is 1. The molecule has 0 radical (unpaired) electrons. The molecule has 1 amide bonds. The highest BCUT2D eigenvalue weighted by Gasteiger charge is 2.38. The first-order valence-corrected chi connectivity index (χ1v) is 14.3. The molecule has 2 unspecified atom stereocenters. The van der Waals surface area contributed by atoms with Gasteiger partial charge in [0.15, 0.2) is 9.84 Å². The van der Waals surface area contributed by atoms with E-state index >= 15 is 0 Å². The van der Waals surface area contributed by atoms with Gasteiger partial charge in [-0.15, -0.1) is 0 Å². The minimum absolute atomic E-state index is 0.0366. The van der Waals surface area contributed by atoms with Gasteiger partial charge in [0.25, 0.3) is 0 Å². The second-order valence-electron chi connectivity index (χ2n) is 9.73.